The van der Waals surface area contributed by atoms with Gasteiger partial charge in [0.1, 0.15) is 11.8 Å². The predicted octanol–water partition coefficient (Wildman–Crippen LogP) is 3.55. The van der Waals surface area contributed by atoms with Crippen LogP contribution in [0.4, 0.5) is 17.6 Å². The molecule has 0 spiro atoms. The summed E-state index contributed by atoms with van der Waals surface area (Å²) in [6.45, 7) is 3.67. The number of nitrogens with one attached hydrogen (secondary N) is 1. The SMILES string of the molecule is CCOc1ccc(C)cc1C(NC)C(F)(F)C(F)F. The number of hydrogen-bond acceptors (Lipinski definition) is 2. The van der Waals surface area contributed by atoms with E-state index < -0.39 is 18.4 Å². The molecule has 1 rings (SSSR count). The van der Waals surface area contributed by atoms with E-state index in [-0.39, 0.29) is 17.9 Å². The van der Waals surface area contributed by atoms with E-state index >= 15 is 0 Å². The molecule has 0 fully saturated rings. The Bertz CT molecular complexity index is 423. The van der Waals surface area contributed by atoms with Gasteiger partial charge in [0.2, 0.25) is 0 Å². The molecule has 0 saturated carbocycles. The Hall–Kier alpha value is -1.30. The van der Waals surface area contributed by atoms with Crippen molar-refractivity contribution in [2.45, 2.75) is 32.2 Å². The molecule has 1 aromatic carbocycles. The fourth-order valence-electron chi connectivity index (χ4n) is 1.86. The molecule has 1 atom stereocenters. The number of halogens is 4. The lowest BCUT2D eigenvalue weighted by Crippen LogP contribution is -2.41. The van der Waals surface area contributed by atoms with Crippen LogP contribution in [0.15, 0.2) is 18.2 Å². The summed E-state index contributed by atoms with van der Waals surface area (Å²) in [5.41, 5.74) is 0.735. The number of hydrogen-bond donors (Lipinski definition) is 1. The van der Waals surface area contributed by atoms with Gasteiger partial charge in [-0.3, -0.25) is 0 Å². The van der Waals surface area contributed by atoms with E-state index in [1.54, 1.807) is 19.9 Å². The molecule has 2 nitrogen and oxygen atoms in total. The lowest BCUT2D eigenvalue weighted by molar-refractivity contribution is -0.150. The summed E-state index contributed by atoms with van der Waals surface area (Å²) in [6, 6.07) is 2.83. The molecule has 1 N–H and O–H groups in total. The van der Waals surface area contributed by atoms with Gasteiger partial charge in [0.05, 0.1) is 6.61 Å². The lowest BCUT2D eigenvalue weighted by Gasteiger charge is -2.27. The molecule has 1 unspecified atom stereocenters. The van der Waals surface area contributed by atoms with Crippen LogP contribution >= 0.6 is 0 Å². The van der Waals surface area contributed by atoms with Gasteiger partial charge in [-0.15, -0.1) is 0 Å². The van der Waals surface area contributed by atoms with Crippen LogP contribution in [0.1, 0.15) is 24.1 Å². The topological polar surface area (TPSA) is 21.3 Å². The minimum absolute atomic E-state index is 0.0367. The fraction of sp³-hybridized carbons (Fsp3) is 0.538. The molecule has 0 heterocycles. The van der Waals surface area contributed by atoms with Crippen molar-refractivity contribution >= 4 is 0 Å². The van der Waals surface area contributed by atoms with Gasteiger partial charge in [0, 0.05) is 5.56 Å². The van der Waals surface area contributed by atoms with Crippen molar-refractivity contribution in [2.24, 2.45) is 0 Å². The molecule has 0 aliphatic rings. The summed E-state index contributed by atoms with van der Waals surface area (Å²) < 4.78 is 57.4. The van der Waals surface area contributed by atoms with Crippen molar-refractivity contribution in [3.05, 3.63) is 29.3 Å². The van der Waals surface area contributed by atoms with Crippen LogP contribution in [0.25, 0.3) is 0 Å². The van der Waals surface area contributed by atoms with Gasteiger partial charge >= 0.3 is 12.3 Å². The molecular formula is C13H17F4NO. The molecule has 0 radical (unpaired) electrons. The van der Waals surface area contributed by atoms with Crippen molar-refractivity contribution in [1.29, 1.82) is 0 Å². The maximum atomic E-state index is 13.6. The largest absolute Gasteiger partial charge is 0.494 e. The highest BCUT2D eigenvalue weighted by Gasteiger charge is 2.49. The van der Waals surface area contributed by atoms with Gasteiger partial charge in [-0.1, -0.05) is 17.7 Å². The predicted molar refractivity (Wildman–Crippen MR) is 65.1 cm³/mol. The van der Waals surface area contributed by atoms with Crippen molar-refractivity contribution in [3.8, 4) is 5.75 Å². The van der Waals surface area contributed by atoms with Crippen LogP contribution in [-0.4, -0.2) is 26.0 Å². The van der Waals surface area contributed by atoms with Crippen LogP contribution in [0.2, 0.25) is 0 Å². The number of aryl methyl sites for hydroxylation is 1. The molecule has 19 heavy (non-hydrogen) atoms. The summed E-state index contributed by atoms with van der Waals surface area (Å²) >= 11 is 0. The summed E-state index contributed by atoms with van der Waals surface area (Å²) in [6.07, 6.45) is -3.75. The molecule has 1 aromatic rings. The molecule has 6 heteroatoms. The molecule has 0 aliphatic carbocycles. The lowest BCUT2D eigenvalue weighted by atomic mass is 9.98. The van der Waals surface area contributed by atoms with Gasteiger partial charge in [-0.2, -0.15) is 8.78 Å². The molecule has 0 aliphatic heterocycles. The third-order valence-corrected chi connectivity index (χ3v) is 2.74. The summed E-state index contributed by atoms with van der Waals surface area (Å²) in [5.74, 6) is -3.98. The van der Waals surface area contributed by atoms with Crippen molar-refractivity contribution < 1.29 is 22.3 Å². The zero-order valence-corrected chi connectivity index (χ0v) is 11.0. The Kier molecular flexibility index (Phi) is 5.17. The van der Waals surface area contributed by atoms with Gasteiger partial charge < -0.3 is 10.1 Å². The second-order valence-electron chi connectivity index (χ2n) is 4.17. The average Bonchev–Trinajstić information content (AvgIpc) is 2.33. The van der Waals surface area contributed by atoms with E-state index in [9.17, 15) is 17.6 Å². The third kappa shape index (κ3) is 3.37. The van der Waals surface area contributed by atoms with Crippen LogP contribution in [-0.2, 0) is 0 Å². The minimum Gasteiger partial charge on any atom is -0.494 e. The van der Waals surface area contributed by atoms with E-state index in [0.29, 0.717) is 5.56 Å². The summed E-state index contributed by atoms with van der Waals surface area (Å²) in [7, 11) is 1.22. The zero-order valence-electron chi connectivity index (χ0n) is 11.0. The van der Waals surface area contributed by atoms with E-state index in [1.165, 1.54) is 19.2 Å². The van der Waals surface area contributed by atoms with E-state index in [0.717, 1.165) is 0 Å². The first-order valence-corrected chi connectivity index (χ1v) is 5.91. The number of rotatable bonds is 6. The van der Waals surface area contributed by atoms with Crippen LogP contribution in [0, 0.1) is 6.92 Å². The Morgan fingerprint density at radius 3 is 2.42 bits per heavy atom. The molecular weight excluding hydrogens is 262 g/mol. The van der Waals surface area contributed by atoms with Crippen molar-refractivity contribution in [3.63, 3.8) is 0 Å². The highest BCUT2D eigenvalue weighted by molar-refractivity contribution is 5.40. The second-order valence-corrected chi connectivity index (χ2v) is 4.17. The van der Waals surface area contributed by atoms with Crippen molar-refractivity contribution in [2.75, 3.05) is 13.7 Å². The highest BCUT2D eigenvalue weighted by Crippen LogP contribution is 2.40. The van der Waals surface area contributed by atoms with Gasteiger partial charge in [0.15, 0.2) is 0 Å². The Balaban J connectivity index is 3.27. The van der Waals surface area contributed by atoms with Crippen molar-refractivity contribution in [1.82, 2.24) is 5.32 Å². The first-order valence-electron chi connectivity index (χ1n) is 5.91. The summed E-state index contributed by atoms with van der Waals surface area (Å²) in [4.78, 5) is 0. The first kappa shape index (κ1) is 15.8. The average molecular weight is 279 g/mol. The number of alkyl halides is 4. The molecule has 0 amide bonds. The van der Waals surface area contributed by atoms with Crippen LogP contribution in [0.3, 0.4) is 0 Å². The van der Waals surface area contributed by atoms with E-state index in [2.05, 4.69) is 5.32 Å². The highest BCUT2D eigenvalue weighted by atomic mass is 19.3. The molecule has 0 bridgehead atoms. The Labute approximate surface area is 109 Å². The van der Waals surface area contributed by atoms with Gasteiger partial charge in [0.25, 0.3) is 0 Å². The maximum absolute atomic E-state index is 13.6. The van der Waals surface area contributed by atoms with Crippen LogP contribution < -0.4 is 10.1 Å². The minimum atomic E-state index is -4.17. The van der Waals surface area contributed by atoms with Crippen LogP contribution in [0.5, 0.6) is 5.75 Å². The standard InChI is InChI=1S/C13H17F4NO/c1-4-19-10-6-5-8(2)7-9(10)11(18-3)13(16,17)12(14)15/h5-7,11-12,18H,4H2,1-3H3. The van der Waals surface area contributed by atoms with Gasteiger partial charge in [-0.25, -0.2) is 8.78 Å². The maximum Gasteiger partial charge on any atom is 0.326 e. The second kappa shape index (κ2) is 6.23. The Morgan fingerprint density at radius 1 is 1.32 bits per heavy atom. The monoisotopic (exact) mass is 279 g/mol. The zero-order chi connectivity index (χ0) is 14.6. The number of ether oxygens (including phenoxy) is 1. The Morgan fingerprint density at radius 2 is 1.95 bits per heavy atom. The normalized spacial score (nSPS) is 13.7. The smallest absolute Gasteiger partial charge is 0.326 e. The van der Waals surface area contributed by atoms with E-state index in [1.807, 2.05) is 0 Å². The fourth-order valence-corrected chi connectivity index (χ4v) is 1.86. The number of benzene rings is 1. The molecule has 0 aromatic heterocycles. The first-order chi connectivity index (χ1) is 8.84. The van der Waals surface area contributed by atoms with Gasteiger partial charge in [-0.05, 0) is 27.0 Å². The quantitative estimate of drug-likeness (QED) is 0.804. The summed E-state index contributed by atoms with van der Waals surface area (Å²) in [5, 5.41) is 2.26. The molecule has 108 valence electrons. The van der Waals surface area contributed by atoms with E-state index in [4.69, 9.17) is 4.74 Å². The third-order valence-electron chi connectivity index (χ3n) is 2.74. The molecule has 0 saturated heterocycles.